The van der Waals surface area contributed by atoms with Crippen LogP contribution in [0.4, 0.5) is 5.69 Å². The smallest absolute Gasteiger partial charge is 0.279 e. The number of carbonyl (C=O) groups excluding carboxylic acids is 2. The number of carbonyl (C=O) groups is 2. The predicted molar refractivity (Wildman–Crippen MR) is 114 cm³/mol. The number of benzene rings is 3. The molecular weight excluding hydrogens is 388 g/mol. The molecule has 0 aromatic heterocycles. The fraction of sp³-hybridized carbons (Fsp3) is 0. The van der Waals surface area contributed by atoms with Gasteiger partial charge in [-0.1, -0.05) is 48.0 Å². The predicted octanol–water partition coefficient (Wildman–Crippen LogP) is 4.42. The standard InChI is InChI=1S/C22H15ClN4O2/c23-17-9-11-18(12-10-17)26-24-13-15-5-7-16(8-6-15)14-25-27-21(28)19-3-1-2-4-20(19)22(27)29/h1-14,26H/b24-13+,25-14+. The van der Waals surface area contributed by atoms with Crippen LogP contribution in [0.15, 0.2) is 83.0 Å². The van der Waals surface area contributed by atoms with Gasteiger partial charge in [0.25, 0.3) is 11.8 Å². The Bertz CT molecular complexity index is 1090. The Balaban J connectivity index is 1.40. The lowest BCUT2D eigenvalue weighted by molar-refractivity contribution is 0.0660. The molecule has 0 saturated carbocycles. The van der Waals surface area contributed by atoms with E-state index in [0.717, 1.165) is 21.8 Å². The molecule has 6 nitrogen and oxygen atoms in total. The van der Waals surface area contributed by atoms with Crippen molar-refractivity contribution in [1.82, 2.24) is 5.01 Å². The number of hydrogen-bond acceptors (Lipinski definition) is 5. The van der Waals surface area contributed by atoms with Crippen molar-refractivity contribution in [2.24, 2.45) is 10.2 Å². The molecule has 0 radical (unpaired) electrons. The molecule has 0 spiro atoms. The lowest BCUT2D eigenvalue weighted by Gasteiger charge is -2.05. The van der Waals surface area contributed by atoms with Gasteiger partial charge in [-0.25, -0.2) is 0 Å². The molecule has 0 saturated heterocycles. The first kappa shape index (κ1) is 18.6. The van der Waals surface area contributed by atoms with Crippen LogP contribution in [0.25, 0.3) is 0 Å². The van der Waals surface area contributed by atoms with Crippen molar-refractivity contribution < 1.29 is 9.59 Å². The van der Waals surface area contributed by atoms with Crippen molar-refractivity contribution in [3.8, 4) is 0 Å². The summed E-state index contributed by atoms with van der Waals surface area (Å²) in [6.07, 6.45) is 3.16. The van der Waals surface area contributed by atoms with Gasteiger partial charge in [0.15, 0.2) is 0 Å². The highest BCUT2D eigenvalue weighted by atomic mass is 35.5. The molecule has 0 unspecified atom stereocenters. The van der Waals surface area contributed by atoms with Gasteiger partial charge in [0.2, 0.25) is 0 Å². The Kier molecular flexibility index (Phi) is 5.18. The maximum atomic E-state index is 12.3. The van der Waals surface area contributed by atoms with E-state index >= 15 is 0 Å². The molecule has 1 aliphatic rings. The summed E-state index contributed by atoms with van der Waals surface area (Å²) >= 11 is 5.85. The van der Waals surface area contributed by atoms with E-state index in [0.29, 0.717) is 16.1 Å². The number of anilines is 1. The number of rotatable bonds is 5. The minimum absolute atomic E-state index is 0.370. The quantitative estimate of drug-likeness (QED) is 0.390. The van der Waals surface area contributed by atoms with E-state index in [4.69, 9.17) is 11.6 Å². The molecule has 3 aromatic carbocycles. The summed E-state index contributed by atoms with van der Waals surface area (Å²) in [7, 11) is 0. The second kappa shape index (κ2) is 8.08. The van der Waals surface area contributed by atoms with Gasteiger partial charge in [0.05, 0.1) is 29.2 Å². The van der Waals surface area contributed by atoms with Crippen molar-refractivity contribution in [1.29, 1.82) is 0 Å². The van der Waals surface area contributed by atoms with Gasteiger partial charge in [-0.3, -0.25) is 15.0 Å². The highest BCUT2D eigenvalue weighted by Gasteiger charge is 2.35. The van der Waals surface area contributed by atoms with Crippen LogP contribution in [0.5, 0.6) is 0 Å². The molecule has 3 aromatic rings. The summed E-state index contributed by atoms with van der Waals surface area (Å²) < 4.78 is 0. The van der Waals surface area contributed by atoms with E-state index in [2.05, 4.69) is 15.6 Å². The van der Waals surface area contributed by atoms with Crippen LogP contribution < -0.4 is 5.43 Å². The van der Waals surface area contributed by atoms with E-state index in [1.54, 1.807) is 42.6 Å². The number of hydrogen-bond donors (Lipinski definition) is 1. The molecule has 1 N–H and O–H groups in total. The van der Waals surface area contributed by atoms with Crippen LogP contribution in [-0.4, -0.2) is 29.3 Å². The molecule has 0 aliphatic carbocycles. The summed E-state index contributed by atoms with van der Waals surface area (Å²) in [4.78, 5) is 24.6. The number of nitrogens with zero attached hydrogens (tertiary/aromatic N) is 3. The summed E-state index contributed by atoms with van der Waals surface area (Å²) in [5.41, 5.74) is 6.12. The average molecular weight is 403 g/mol. The molecule has 1 aliphatic heterocycles. The molecular formula is C22H15ClN4O2. The Morgan fingerprint density at radius 2 is 1.31 bits per heavy atom. The van der Waals surface area contributed by atoms with Gasteiger partial charge in [-0.2, -0.15) is 15.2 Å². The molecule has 0 bridgehead atoms. The van der Waals surface area contributed by atoms with Crippen LogP contribution in [0, 0.1) is 0 Å². The Hall–Kier alpha value is -3.77. The number of fused-ring (bicyclic) bond motifs is 1. The molecule has 29 heavy (non-hydrogen) atoms. The number of amides is 2. The van der Waals surface area contributed by atoms with E-state index < -0.39 is 11.8 Å². The first-order valence-corrected chi connectivity index (χ1v) is 9.16. The van der Waals surface area contributed by atoms with Crippen LogP contribution >= 0.6 is 11.6 Å². The fourth-order valence-corrected chi connectivity index (χ4v) is 2.91. The number of hydrazone groups is 2. The van der Waals surface area contributed by atoms with Crippen molar-refractivity contribution >= 4 is 41.5 Å². The first-order valence-electron chi connectivity index (χ1n) is 8.78. The third-order valence-corrected chi connectivity index (χ3v) is 4.53. The molecule has 1 heterocycles. The minimum atomic E-state index is -0.418. The Labute approximate surface area is 172 Å². The molecule has 0 atom stereocenters. The van der Waals surface area contributed by atoms with Gasteiger partial charge in [-0.15, -0.1) is 0 Å². The van der Waals surface area contributed by atoms with E-state index in [-0.39, 0.29) is 0 Å². The summed E-state index contributed by atoms with van der Waals surface area (Å²) in [6, 6.07) is 21.3. The van der Waals surface area contributed by atoms with Crippen LogP contribution in [0.3, 0.4) is 0 Å². The molecule has 2 amide bonds. The maximum Gasteiger partial charge on any atom is 0.282 e. The van der Waals surface area contributed by atoms with Gasteiger partial charge in [-0.05, 0) is 47.5 Å². The highest BCUT2D eigenvalue weighted by Crippen LogP contribution is 2.22. The number of halogens is 1. The van der Waals surface area contributed by atoms with Gasteiger partial charge in [0.1, 0.15) is 0 Å². The third-order valence-electron chi connectivity index (χ3n) is 4.28. The largest absolute Gasteiger partial charge is 0.282 e. The fourth-order valence-electron chi connectivity index (χ4n) is 2.78. The van der Waals surface area contributed by atoms with Gasteiger partial charge in [0, 0.05) is 5.02 Å². The summed E-state index contributed by atoms with van der Waals surface area (Å²) in [5, 5.41) is 9.78. The van der Waals surface area contributed by atoms with Crippen LogP contribution in [0.2, 0.25) is 5.02 Å². The highest BCUT2D eigenvalue weighted by molar-refractivity contribution is 6.30. The Morgan fingerprint density at radius 1 is 0.759 bits per heavy atom. The summed E-state index contributed by atoms with van der Waals surface area (Å²) in [6.45, 7) is 0. The average Bonchev–Trinajstić information content (AvgIpc) is 2.99. The van der Waals surface area contributed by atoms with Crippen molar-refractivity contribution in [3.05, 3.63) is 100 Å². The topological polar surface area (TPSA) is 74.1 Å². The van der Waals surface area contributed by atoms with Crippen molar-refractivity contribution in [2.45, 2.75) is 0 Å². The zero-order valence-corrected chi connectivity index (χ0v) is 15.9. The van der Waals surface area contributed by atoms with Crippen molar-refractivity contribution in [2.75, 3.05) is 5.43 Å². The first-order chi connectivity index (χ1) is 14.1. The lowest BCUT2D eigenvalue weighted by Crippen LogP contribution is -2.23. The Morgan fingerprint density at radius 3 is 1.90 bits per heavy atom. The molecule has 7 heteroatoms. The summed E-state index contributed by atoms with van der Waals surface area (Å²) in [5.74, 6) is -0.835. The zero-order chi connectivity index (χ0) is 20.2. The third kappa shape index (κ3) is 4.07. The zero-order valence-electron chi connectivity index (χ0n) is 15.1. The van der Waals surface area contributed by atoms with Gasteiger partial charge < -0.3 is 0 Å². The van der Waals surface area contributed by atoms with Gasteiger partial charge >= 0.3 is 0 Å². The number of imide groups is 1. The van der Waals surface area contributed by atoms with Crippen LogP contribution in [0.1, 0.15) is 31.8 Å². The molecule has 142 valence electrons. The van der Waals surface area contributed by atoms with Crippen molar-refractivity contribution in [3.63, 3.8) is 0 Å². The van der Waals surface area contributed by atoms with Crippen LogP contribution in [-0.2, 0) is 0 Å². The number of nitrogens with one attached hydrogen (secondary N) is 1. The minimum Gasteiger partial charge on any atom is -0.279 e. The SMILES string of the molecule is O=C1c2ccccc2C(=O)N1/N=C/c1ccc(/C=N/Nc2ccc(Cl)cc2)cc1. The maximum absolute atomic E-state index is 12.3. The molecule has 4 rings (SSSR count). The second-order valence-corrected chi connectivity index (χ2v) is 6.69. The van der Waals surface area contributed by atoms with E-state index in [1.165, 1.54) is 6.21 Å². The normalized spacial score (nSPS) is 13.5. The monoisotopic (exact) mass is 402 g/mol. The lowest BCUT2D eigenvalue weighted by atomic mass is 10.1. The van der Waals surface area contributed by atoms with E-state index in [9.17, 15) is 9.59 Å². The molecule has 0 fully saturated rings. The van der Waals surface area contributed by atoms with E-state index in [1.807, 2.05) is 36.4 Å². The second-order valence-electron chi connectivity index (χ2n) is 6.26.